The second kappa shape index (κ2) is 11.1. The number of rotatable bonds is 8. The minimum Gasteiger partial charge on any atom is -0.506 e. The first-order chi connectivity index (χ1) is 15.1. The number of thiophene rings is 1. The lowest BCUT2D eigenvalue weighted by Crippen LogP contribution is -2.12. The maximum Gasteiger partial charge on any atom is 0.348 e. The number of ether oxygens (including phenoxy) is 2. The minimum atomic E-state index is -0.679. The van der Waals surface area contributed by atoms with E-state index in [1.165, 1.54) is 12.1 Å². The van der Waals surface area contributed by atoms with Crippen LogP contribution in [0, 0.1) is 18.3 Å². The molecule has 168 valence electrons. The number of allylic oxidation sites excluding steroid dienone is 1. The third-order valence-electron chi connectivity index (χ3n) is 4.26. The zero-order chi connectivity index (χ0) is 24.0. The van der Waals surface area contributed by atoms with Gasteiger partial charge in [0.1, 0.15) is 16.7 Å². The lowest BCUT2D eigenvalue weighted by Gasteiger charge is -2.06. The molecule has 2 rings (SSSR count). The van der Waals surface area contributed by atoms with Gasteiger partial charge in [-0.3, -0.25) is 4.79 Å². The van der Waals surface area contributed by atoms with Crippen LogP contribution >= 0.6 is 34.5 Å². The zero-order valence-corrected chi connectivity index (χ0v) is 19.8. The molecule has 0 atom stereocenters. The van der Waals surface area contributed by atoms with Crippen molar-refractivity contribution < 1.29 is 29.0 Å². The fourth-order valence-electron chi connectivity index (χ4n) is 2.83. The van der Waals surface area contributed by atoms with Gasteiger partial charge < -0.3 is 14.6 Å². The molecule has 10 heteroatoms. The molecule has 0 aliphatic heterocycles. The Morgan fingerprint density at radius 1 is 1.16 bits per heavy atom. The van der Waals surface area contributed by atoms with Crippen LogP contribution < -0.4 is 0 Å². The summed E-state index contributed by atoms with van der Waals surface area (Å²) in [6.45, 7) is 5.10. The molecule has 32 heavy (non-hydrogen) atoms. The number of ketones is 1. The number of aromatic hydroxyl groups is 1. The van der Waals surface area contributed by atoms with Gasteiger partial charge in [-0.15, -0.1) is 11.3 Å². The van der Waals surface area contributed by atoms with Crippen LogP contribution in [0.25, 0.3) is 6.08 Å². The van der Waals surface area contributed by atoms with E-state index in [0.717, 1.165) is 17.4 Å². The van der Waals surface area contributed by atoms with Gasteiger partial charge in [-0.05, 0) is 44.5 Å². The lowest BCUT2D eigenvalue weighted by molar-refractivity contribution is -0.114. The second-order valence-corrected chi connectivity index (χ2v) is 8.34. The van der Waals surface area contributed by atoms with Gasteiger partial charge in [0.2, 0.25) is 0 Å². The summed E-state index contributed by atoms with van der Waals surface area (Å²) in [5.41, 5.74) is 0.236. The molecule has 0 aliphatic carbocycles. The fraction of sp³-hybridized carbons (Fsp3) is 0.273. The summed E-state index contributed by atoms with van der Waals surface area (Å²) in [5, 5.41) is 19.8. The van der Waals surface area contributed by atoms with Crippen LogP contribution in [-0.4, -0.2) is 36.0 Å². The van der Waals surface area contributed by atoms with Crippen molar-refractivity contribution in [1.29, 1.82) is 5.26 Å². The van der Waals surface area contributed by atoms with Crippen LogP contribution in [0.1, 0.15) is 49.9 Å². The van der Waals surface area contributed by atoms with E-state index >= 15 is 0 Å². The molecule has 1 aromatic carbocycles. The van der Waals surface area contributed by atoms with E-state index in [2.05, 4.69) is 0 Å². The smallest absolute Gasteiger partial charge is 0.348 e. The highest BCUT2D eigenvalue weighted by molar-refractivity contribution is 7.14. The normalized spacial score (nSPS) is 11.1. The Labute approximate surface area is 198 Å². The van der Waals surface area contributed by atoms with Crippen molar-refractivity contribution in [2.45, 2.75) is 27.2 Å². The molecule has 2 aromatic rings. The highest BCUT2D eigenvalue weighted by Crippen LogP contribution is 2.34. The molecule has 0 spiro atoms. The maximum absolute atomic E-state index is 12.9. The van der Waals surface area contributed by atoms with Crippen LogP contribution in [0.2, 0.25) is 10.0 Å². The number of carbonyl (C=O) groups excluding carboxylic acids is 3. The van der Waals surface area contributed by atoms with Crippen molar-refractivity contribution in [2.75, 3.05) is 13.2 Å². The van der Waals surface area contributed by atoms with E-state index < -0.39 is 17.7 Å². The SMILES string of the molecule is CCOC(=O)c1sc(CC(=O)C(C#N)=Cc2cc(Cl)cc(Cl)c2O)c(C(=O)OCC)c1C. The maximum atomic E-state index is 12.9. The number of phenolic OH excluding ortho intramolecular Hbond substituents is 1. The van der Waals surface area contributed by atoms with Crippen LogP contribution in [0.15, 0.2) is 17.7 Å². The molecule has 7 nitrogen and oxygen atoms in total. The molecule has 0 aliphatic rings. The van der Waals surface area contributed by atoms with E-state index in [0.29, 0.717) is 5.56 Å². The van der Waals surface area contributed by atoms with E-state index in [1.807, 2.05) is 0 Å². The van der Waals surface area contributed by atoms with Crippen LogP contribution in [0.4, 0.5) is 0 Å². The first-order valence-electron chi connectivity index (χ1n) is 9.43. The van der Waals surface area contributed by atoms with Gasteiger partial charge in [-0.1, -0.05) is 23.2 Å². The molecular weight excluding hydrogens is 477 g/mol. The fourth-order valence-corrected chi connectivity index (χ4v) is 4.52. The number of benzene rings is 1. The number of hydrogen-bond donors (Lipinski definition) is 1. The Hall–Kier alpha value is -2.86. The van der Waals surface area contributed by atoms with E-state index in [-0.39, 0.29) is 61.9 Å². The molecule has 0 saturated carbocycles. The number of phenols is 1. The predicted molar refractivity (Wildman–Crippen MR) is 121 cm³/mol. The quantitative estimate of drug-likeness (QED) is 0.306. The first-order valence-corrected chi connectivity index (χ1v) is 11.0. The molecule has 0 fully saturated rings. The zero-order valence-electron chi connectivity index (χ0n) is 17.5. The molecule has 0 amide bonds. The Bertz CT molecular complexity index is 1150. The summed E-state index contributed by atoms with van der Waals surface area (Å²) in [7, 11) is 0. The Kier molecular flexibility index (Phi) is 8.84. The molecule has 0 unspecified atom stereocenters. The predicted octanol–water partition coefficient (Wildman–Crippen LogP) is 5.14. The van der Waals surface area contributed by atoms with Crippen molar-refractivity contribution >= 4 is 58.3 Å². The van der Waals surface area contributed by atoms with Crippen molar-refractivity contribution in [3.63, 3.8) is 0 Å². The van der Waals surface area contributed by atoms with Gasteiger partial charge in [0.25, 0.3) is 0 Å². The monoisotopic (exact) mass is 495 g/mol. The van der Waals surface area contributed by atoms with Crippen LogP contribution in [0.5, 0.6) is 5.75 Å². The van der Waals surface area contributed by atoms with Crippen LogP contribution in [-0.2, 0) is 20.7 Å². The van der Waals surface area contributed by atoms with Gasteiger partial charge >= 0.3 is 11.9 Å². The third kappa shape index (κ3) is 5.68. The van der Waals surface area contributed by atoms with E-state index in [4.69, 9.17) is 32.7 Å². The Morgan fingerprint density at radius 3 is 2.38 bits per heavy atom. The highest BCUT2D eigenvalue weighted by atomic mass is 35.5. The summed E-state index contributed by atoms with van der Waals surface area (Å²) in [6, 6.07) is 4.46. The van der Waals surface area contributed by atoms with Gasteiger partial charge in [0.05, 0.1) is 29.4 Å². The number of esters is 2. The molecule has 1 heterocycles. The number of nitriles is 1. The number of carbonyl (C=O) groups is 3. The van der Waals surface area contributed by atoms with Crippen LogP contribution in [0.3, 0.4) is 0 Å². The number of hydrogen-bond acceptors (Lipinski definition) is 8. The van der Waals surface area contributed by atoms with Gasteiger partial charge in [0.15, 0.2) is 5.78 Å². The van der Waals surface area contributed by atoms with E-state index in [9.17, 15) is 24.8 Å². The van der Waals surface area contributed by atoms with Gasteiger partial charge in [-0.25, -0.2) is 9.59 Å². The van der Waals surface area contributed by atoms with Crippen molar-refractivity contribution in [2.24, 2.45) is 0 Å². The van der Waals surface area contributed by atoms with Crippen molar-refractivity contribution in [1.82, 2.24) is 0 Å². The standard InChI is InChI=1S/C22H19Cl2NO6S/c1-4-30-21(28)18-11(3)20(22(29)31-5-2)32-17(18)9-16(26)13(10-25)6-12-7-14(23)8-15(24)19(12)27/h6-8,27H,4-5,9H2,1-3H3. The average molecular weight is 496 g/mol. The summed E-state index contributed by atoms with van der Waals surface area (Å²) in [5.74, 6) is -2.26. The summed E-state index contributed by atoms with van der Waals surface area (Å²) >= 11 is 12.8. The largest absolute Gasteiger partial charge is 0.506 e. The average Bonchev–Trinajstić information content (AvgIpc) is 3.05. The number of halogens is 2. The topological polar surface area (TPSA) is 114 Å². The third-order valence-corrected chi connectivity index (χ3v) is 6.04. The Morgan fingerprint density at radius 2 is 1.78 bits per heavy atom. The summed E-state index contributed by atoms with van der Waals surface area (Å²) < 4.78 is 10.1. The highest BCUT2D eigenvalue weighted by Gasteiger charge is 2.28. The minimum absolute atomic E-state index is 0.0361. The van der Waals surface area contributed by atoms with E-state index in [1.54, 1.807) is 26.8 Å². The molecule has 0 saturated heterocycles. The molecule has 1 N–H and O–H groups in total. The molecule has 0 radical (unpaired) electrons. The molecule has 1 aromatic heterocycles. The first kappa shape index (κ1) is 25.4. The molecular formula is C22H19Cl2NO6S. The van der Waals surface area contributed by atoms with Crippen molar-refractivity contribution in [3.8, 4) is 11.8 Å². The second-order valence-electron chi connectivity index (χ2n) is 6.39. The molecule has 0 bridgehead atoms. The van der Waals surface area contributed by atoms with Gasteiger partial charge in [0, 0.05) is 21.9 Å². The lowest BCUT2D eigenvalue weighted by atomic mass is 10.0. The van der Waals surface area contributed by atoms with Crippen molar-refractivity contribution in [3.05, 3.63) is 54.2 Å². The van der Waals surface area contributed by atoms with Gasteiger partial charge in [-0.2, -0.15) is 5.26 Å². The number of Topliss-reactive ketones (excluding diaryl/α,β-unsaturated/α-hetero) is 1. The Balaban J connectivity index is 2.49. The summed E-state index contributed by atoms with van der Waals surface area (Å²) in [4.78, 5) is 38.1. The number of nitrogens with zero attached hydrogens (tertiary/aromatic N) is 1. The summed E-state index contributed by atoms with van der Waals surface area (Å²) in [6.07, 6.45) is 0.819.